The normalized spacial score (nSPS) is 12.6. The van der Waals surface area contributed by atoms with Crippen molar-refractivity contribution in [2.45, 2.75) is 25.7 Å². The van der Waals surface area contributed by atoms with E-state index in [1.165, 1.54) is 18.2 Å². The summed E-state index contributed by atoms with van der Waals surface area (Å²) in [6.07, 6.45) is 5.30. The molecule has 148 valence electrons. The molecular formula is C25H24FNO2. The first-order valence-corrected chi connectivity index (χ1v) is 9.44. The number of halogens is 1. The third-order valence-electron chi connectivity index (χ3n) is 5.02. The van der Waals surface area contributed by atoms with Gasteiger partial charge in [-0.15, -0.1) is 0 Å². The second kappa shape index (κ2) is 8.31. The predicted molar refractivity (Wildman–Crippen MR) is 119 cm³/mol. The number of carbonyl (C=O) groups is 1. The van der Waals surface area contributed by atoms with Gasteiger partial charge in [-0.05, 0) is 45.7 Å². The van der Waals surface area contributed by atoms with Gasteiger partial charge in [0.1, 0.15) is 5.83 Å². The fourth-order valence-corrected chi connectivity index (χ4v) is 3.82. The summed E-state index contributed by atoms with van der Waals surface area (Å²) in [7, 11) is 0. The summed E-state index contributed by atoms with van der Waals surface area (Å²) in [6.45, 7) is 7.57. The number of benzene rings is 3. The van der Waals surface area contributed by atoms with E-state index in [2.05, 4.69) is 11.9 Å². The molecule has 4 heteroatoms. The molecule has 0 spiro atoms. The largest absolute Gasteiger partial charge is 0.465 e. The summed E-state index contributed by atoms with van der Waals surface area (Å²) >= 11 is 0. The summed E-state index contributed by atoms with van der Waals surface area (Å²) in [5.74, 6) is -0.372. The highest BCUT2D eigenvalue weighted by atomic mass is 19.1. The van der Waals surface area contributed by atoms with Gasteiger partial charge in [0.2, 0.25) is 0 Å². The molecule has 0 unspecified atom stereocenters. The number of nitrogens with one attached hydrogen (secondary N) is 1. The molecule has 0 radical (unpaired) electrons. The lowest BCUT2D eigenvalue weighted by atomic mass is 9.76. The van der Waals surface area contributed by atoms with Crippen LogP contribution in [0.25, 0.3) is 21.5 Å². The quantitative estimate of drug-likeness (QED) is 0.342. The standard InChI is InChI=1S/C25H24FNO2/c1-4-10-17(26)11-9-16-25(2,3)22-20-14-7-5-12-18(20)19-13-6-8-15-21(19)23(22)27-24(28)29/h4-15,27H,1,16H2,2-3H3,(H,28,29)/b11-9+,17-10-. The van der Waals surface area contributed by atoms with Crippen molar-refractivity contribution in [3.05, 3.63) is 90.8 Å². The Morgan fingerprint density at radius 3 is 2.21 bits per heavy atom. The number of anilines is 1. The van der Waals surface area contributed by atoms with Crippen LogP contribution in [-0.4, -0.2) is 11.2 Å². The van der Waals surface area contributed by atoms with E-state index in [1.54, 1.807) is 6.08 Å². The van der Waals surface area contributed by atoms with Crippen molar-refractivity contribution in [3.8, 4) is 0 Å². The zero-order chi connectivity index (χ0) is 21.0. The highest BCUT2D eigenvalue weighted by molar-refractivity contribution is 6.17. The average molecular weight is 389 g/mol. The van der Waals surface area contributed by atoms with Crippen molar-refractivity contribution < 1.29 is 14.3 Å². The van der Waals surface area contributed by atoms with Crippen LogP contribution in [-0.2, 0) is 5.41 Å². The number of hydrogen-bond donors (Lipinski definition) is 2. The monoisotopic (exact) mass is 389 g/mol. The van der Waals surface area contributed by atoms with E-state index >= 15 is 0 Å². The van der Waals surface area contributed by atoms with Gasteiger partial charge in [-0.25, -0.2) is 9.18 Å². The van der Waals surface area contributed by atoms with E-state index in [0.29, 0.717) is 12.1 Å². The van der Waals surface area contributed by atoms with Crippen LogP contribution in [0, 0.1) is 0 Å². The zero-order valence-electron chi connectivity index (χ0n) is 16.6. The van der Waals surface area contributed by atoms with Crippen molar-refractivity contribution in [3.63, 3.8) is 0 Å². The first-order chi connectivity index (χ1) is 13.8. The summed E-state index contributed by atoms with van der Waals surface area (Å²) in [5.41, 5.74) is 1.02. The Bertz CT molecular complexity index is 1140. The van der Waals surface area contributed by atoms with Gasteiger partial charge in [0.05, 0.1) is 5.69 Å². The van der Waals surface area contributed by atoms with E-state index in [1.807, 2.05) is 62.4 Å². The molecule has 29 heavy (non-hydrogen) atoms. The third kappa shape index (κ3) is 4.21. The second-order valence-electron chi connectivity index (χ2n) is 7.55. The van der Waals surface area contributed by atoms with Crippen molar-refractivity contribution in [1.82, 2.24) is 0 Å². The topological polar surface area (TPSA) is 49.3 Å². The lowest BCUT2D eigenvalue weighted by molar-refractivity contribution is 0.209. The Balaban J connectivity index is 2.27. The fraction of sp³-hybridized carbons (Fsp3) is 0.160. The van der Waals surface area contributed by atoms with Crippen LogP contribution < -0.4 is 5.32 Å². The lowest BCUT2D eigenvalue weighted by Gasteiger charge is -2.29. The van der Waals surface area contributed by atoms with Gasteiger partial charge in [-0.1, -0.05) is 81.1 Å². The number of fused-ring (bicyclic) bond motifs is 3. The molecule has 3 nitrogen and oxygen atoms in total. The summed E-state index contributed by atoms with van der Waals surface area (Å²) in [4.78, 5) is 11.6. The van der Waals surface area contributed by atoms with Crippen molar-refractivity contribution in [2.75, 3.05) is 5.32 Å². The average Bonchev–Trinajstić information content (AvgIpc) is 2.67. The van der Waals surface area contributed by atoms with Crippen LogP contribution in [0.15, 0.2) is 85.2 Å². The first kappa shape index (κ1) is 20.3. The maximum Gasteiger partial charge on any atom is 0.409 e. The van der Waals surface area contributed by atoms with Gasteiger partial charge >= 0.3 is 6.09 Å². The van der Waals surface area contributed by atoms with Gasteiger partial charge in [0.25, 0.3) is 0 Å². The lowest BCUT2D eigenvalue weighted by Crippen LogP contribution is -2.21. The van der Waals surface area contributed by atoms with Crippen molar-refractivity contribution in [1.29, 1.82) is 0 Å². The Morgan fingerprint density at radius 1 is 1.07 bits per heavy atom. The molecule has 0 saturated carbocycles. The Labute approximate surface area is 169 Å². The minimum Gasteiger partial charge on any atom is -0.465 e. The molecule has 0 atom stereocenters. The minimum atomic E-state index is -1.11. The van der Waals surface area contributed by atoms with Crippen LogP contribution in [0.3, 0.4) is 0 Å². The van der Waals surface area contributed by atoms with Gasteiger partial charge in [-0.3, -0.25) is 5.32 Å². The molecule has 0 aromatic heterocycles. The van der Waals surface area contributed by atoms with Gasteiger partial charge in [0, 0.05) is 5.39 Å². The smallest absolute Gasteiger partial charge is 0.409 e. The Kier molecular flexibility index (Phi) is 5.83. The number of allylic oxidation sites excluding steroid dienone is 5. The second-order valence-corrected chi connectivity index (χ2v) is 7.55. The van der Waals surface area contributed by atoms with Gasteiger partial charge < -0.3 is 5.11 Å². The van der Waals surface area contributed by atoms with Gasteiger partial charge in [-0.2, -0.15) is 0 Å². The molecule has 3 rings (SSSR count). The van der Waals surface area contributed by atoms with Crippen LogP contribution in [0.1, 0.15) is 25.8 Å². The van der Waals surface area contributed by atoms with Crippen molar-refractivity contribution >= 4 is 33.3 Å². The maximum absolute atomic E-state index is 13.7. The fourth-order valence-electron chi connectivity index (χ4n) is 3.82. The molecule has 0 aliphatic heterocycles. The molecule has 0 bridgehead atoms. The number of rotatable bonds is 6. The van der Waals surface area contributed by atoms with Crippen LogP contribution in [0.4, 0.5) is 14.9 Å². The van der Waals surface area contributed by atoms with E-state index in [0.717, 1.165) is 27.1 Å². The minimum absolute atomic E-state index is 0.372. The van der Waals surface area contributed by atoms with Crippen LogP contribution in [0.2, 0.25) is 0 Å². The molecule has 0 aliphatic rings. The third-order valence-corrected chi connectivity index (χ3v) is 5.02. The summed E-state index contributed by atoms with van der Waals surface area (Å²) < 4.78 is 13.7. The highest BCUT2D eigenvalue weighted by Gasteiger charge is 2.28. The molecule has 2 N–H and O–H groups in total. The number of amides is 1. The van der Waals surface area contributed by atoms with E-state index < -0.39 is 11.5 Å². The molecule has 0 heterocycles. The van der Waals surface area contributed by atoms with Crippen LogP contribution >= 0.6 is 0 Å². The summed E-state index contributed by atoms with van der Waals surface area (Å²) in [5, 5.41) is 16.0. The maximum atomic E-state index is 13.7. The molecule has 0 aliphatic carbocycles. The van der Waals surface area contributed by atoms with E-state index in [-0.39, 0.29) is 5.83 Å². The molecule has 1 amide bonds. The number of carboxylic acid groups (broad SMARTS) is 1. The molecule has 3 aromatic carbocycles. The molecular weight excluding hydrogens is 365 g/mol. The first-order valence-electron chi connectivity index (χ1n) is 9.44. The van der Waals surface area contributed by atoms with E-state index in [4.69, 9.17) is 0 Å². The van der Waals surface area contributed by atoms with Crippen molar-refractivity contribution in [2.24, 2.45) is 0 Å². The highest BCUT2D eigenvalue weighted by Crippen LogP contribution is 2.44. The number of hydrogen-bond acceptors (Lipinski definition) is 1. The van der Waals surface area contributed by atoms with E-state index in [9.17, 15) is 14.3 Å². The SMILES string of the molecule is C=C/C=C(F)/C=C/CC(C)(C)c1c(NC(=O)O)c2ccccc2c2ccccc12. The summed E-state index contributed by atoms with van der Waals surface area (Å²) in [6, 6.07) is 15.7. The predicted octanol–water partition coefficient (Wildman–Crippen LogP) is 7.35. The van der Waals surface area contributed by atoms with Crippen LogP contribution in [0.5, 0.6) is 0 Å². The Morgan fingerprint density at radius 2 is 1.62 bits per heavy atom. The molecule has 0 saturated heterocycles. The zero-order valence-corrected chi connectivity index (χ0v) is 16.6. The van der Waals surface area contributed by atoms with Gasteiger partial charge in [0.15, 0.2) is 0 Å². The molecule has 3 aromatic rings. The molecule has 0 fully saturated rings. The Hall–Kier alpha value is -3.40.